The molecule has 0 aromatic heterocycles. The van der Waals surface area contributed by atoms with Crippen LogP contribution in [0.2, 0.25) is 0 Å². The second-order valence-electron chi connectivity index (χ2n) is 2.41. The fourth-order valence-corrected chi connectivity index (χ4v) is 0.734. The molecule has 0 radical (unpaired) electrons. The topological polar surface area (TPSA) is 26.0 Å². The molecule has 0 aliphatic carbocycles. The van der Waals surface area contributed by atoms with Crippen LogP contribution in [0.3, 0.4) is 0 Å². The molecule has 0 spiro atoms. The summed E-state index contributed by atoms with van der Waals surface area (Å²) in [6, 6.07) is -0.212. The summed E-state index contributed by atoms with van der Waals surface area (Å²) in [4.78, 5) is 0. The third-order valence-corrected chi connectivity index (χ3v) is 1.38. The van der Waals surface area contributed by atoms with Gasteiger partial charge in [-0.1, -0.05) is 26.2 Å². The van der Waals surface area contributed by atoms with Crippen LogP contribution in [0.25, 0.3) is 0 Å². The molecule has 56 valence electrons. The van der Waals surface area contributed by atoms with Crippen molar-refractivity contribution in [2.24, 2.45) is 5.73 Å². The van der Waals surface area contributed by atoms with E-state index >= 15 is 0 Å². The second-order valence-corrected chi connectivity index (χ2v) is 2.41. The lowest BCUT2D eigenvalue weighted by atomic mass is 10.1. The lowest BCUT2D eigenvalue weighted by Gasteiger charge is -2.03. The fraction of sp³-hybridized carbons (Fsp3) is 1.00. The Labute approximate surface area is 56.4 Å². The van der Waals surface area contributed by atoms with Gasteiger partial charge in [0.1, 0.15) is 6.67 Å². The van der Waals surface area contributed by atoms with Crippen LogP contribution in [0.5, 0.6) is 0 Å². The summed E-state index contributed by atoms with van der Waals surface area (Å²) in [5.74, 6) is 0. The Morgan fingerprint density at radius 1 is 1.44 bits per heavy atom. The lowest BCUT2D eigenvalue weighted by molar-refractivity contribution is 0.404. The van der Waals surface area contributed by atoms with Gasteiger partial charge >= 0.3 is 0 Å². The van der Waals surface area contributed by atoms with Crippen LogP contribution in [0, 0.1) is 0 Å². The molecule has 0 aromatic carbocycles. The Balaban J connectivity index is 2.88. The van der Waals surface area contributed by atoms with Gasteiger partial charge in [0.15, 0.2) is 0 Å². The maximum absolute atomic E-state index is 11.7. The van der Waals surface area contributed by atoms with Crippen molar-refractivity contribution < 1.29 is 4.39 Å². The van der Waals surface area contributed by atoms with E-state index in [0.29, 0.717) is 0 Å². The molecule has 0 aliphatic heterocycles. The number of unbranched alkanes of at least 4 members (excludes halogenated alkanes) is 2. The van der Waals surface area contributed by atoms with Gasteiger partial charge in [-0.05, 0) is 6.42 Å². The number of hydrogen-bond donors (Lipinski definition) is 1. The third kappa shape index (κ3) is 5.77. The summed E-state index contributed by atoms with van der Waals surface area (Å²) in [5.41, 5.74) is 5.34. The summed E-state index contributed by atoms with van der Waals surface area (Å²) in [6.07, 6.45) is 4.26. The molecule has 0 saturated heterocycles. The van der Waals surface area contributed by atoms with Crippen LogP contribution in [-0.2, 0) is 0 Å². The molecule has 0 amide bonds. The maximum Gasteiger partial charge on any atom is 0.104 e. The van der Waals surface area contributed by atoms with E-state index in [9.17, 15) is 4.39 Å². The fourth-order valence-electron chi connectivity index (χ4n) is 0.734. The minimum Gasteiger partial charge on any atom is -0.325 e. The molecule has 2 heteroatoms. The van der Waals surface area contributed by atoms with Gasteiger partial charge in [0, 0.05) is 6.04 Å². The monoisotopic (exact) mass is 133 g/mol. The van der Waals surface area contributed by atoms with Crippen molar-refractivity contribution >= 4 is 0 Å². The summed E-state index contributed by atoms with van der Waals surface area (Å²) < 4.78 is 11.7. The highest BCUT2D eigenvalue weighted by Crippen LogP contribution is 2.01. The number of alkyl halides is 1. The standard InChI is InChI=1S/C7H16FN/c1-2-3-4-5-7(9)6-8/h7H,2-6,9H2,1H3/t7-/m0/s1. The van der Waals surface area contributed by atoms with Crippen molar-refractivity contribution in [1.29, 1.82) is 0 Å². The van der Waals surface area contributed by atoms with Gasteiger partial charge in [-0.3, -0.25) is 0 Å². The molecule has 0 heterocycles. The van der Waals surface area contributed by atoms with E-state index in [1.54, 1.807) is 0 Å². The molecule has 0 rings (SSSR count). The molecular formula is C7H16FN. The number of hydrogen-bond acceptors (Lipinski definition) is 1. The molecular weight excluding hydrogens is 117 g/mol. The van der Waals surface area contributed by atoms with Crippen LogP contribution in [0.4, 0.5) is 4.39 Å². The molecule has 2 N–H and O–H groups in total. The minimum atomic E-state index is -0.371. The third-order valence-electron chi connectivity index (χ3n) is 1.38. The van der Waals surface area contributed by atoms with Crippen molar-refractivity contribution in [3.8, 4) is 0 Å². The van der Waals surface area contributed by atoms with E-state index in [0.717, 1.165) is 12.8 Å². The Morgan fingerprint density at radius 2 is 2.11 bits per heavy atom. The molecule has 0 aromatic rings. The SMILES string of the molecule is CCCCC[C@H](N)CF. The Morgan fingerprint density at radius 3 is 2.56 bits per heavy atom. The Kier molecular flexibility index (Phi) is 5.94. The first-order valence-corrected chi connectivity index (χ1v) is 3.62. The van der Waals surface area contributed by atoms with Crippen LogP contribution in [0.15, 0.2) is 0 Å². The number of halogens is 1. The molecule has 0 fully saturated rings. The summed E-state index contributed by atoms with van der Waals surface area (Å²) in [5, 5.41) is 0. The largest absolute Gasteiger partial charge is 0.325 e. The first-order chi connectivity index (χ1) is 4.31. The predicted molar refractivity (Wildman–Crippen MR) is 38.1 cm³/mol. The zero-order chi connectivity index (χ0) is 7.11. The normalized spacial score (nSPS) is 13.7. The van der Waals surface area contributed by atoms with Crippen molar-refractivity contribution in [3.05, 3.63) is 0 Å². The van der Waals surface area contributed by atoms with Crippen molar-refractivity contribution in [1.82, 2.24) is 0 Å². The average molecular weight is 133 g/mol. The molecule has 9 heavy (non-hydrogen) atoms. The Hall–Kier alpha value is -0.110. The van der Waals surface area contributed by atoms with E-state index in [4.69, 9.17) is 5.73 Å². The lowest BCUT2D eigenvalue weighted by Crippen LogP contribution is -2.21. The molecule has 1 nitrogen and oxygen atoms in total. The van der Waals surface area contributed by atoms with Crippen LogP contribution in [-0.4, -0.2) is 12.7 Å². The van der Waals surface area contributed by atoms with Crippen LogP contribution >= 0.6 is 0 Å². The zero-order valence-corrected chi connectivity index (χ0v) is 6.07. The van der Waals surface area contributed by atoms with Crippen LogP contribution in [0.1, 0.15) is 32.6 Å². The quantitative estimate of drug-likeness (QED) is 0.569. The van der Waals surface area contributed by atoms with Crippen molar-refractivity contribution in [3.63, 3.8) is 0 Å². The minimum absolute atomic E-state index is 0.212. The van der Waals surface area contributed by atoms with Crippen LogP contribution < -0.4 is 5.73 Å². The molecule has 0 bridgehead atoms. The molecule has 0 saturated carbocycles. The summed E-state index contributed by atoms with van der Waals surface area (Å²) in [7, 11) is 0. The summed E-state index contributed by atoms with van der Waals surface area (Å²) in [6.45, 7) is 1.75. The van der Waals surface area contributed by atoms with E-state index in [1.807, 2.05) is 0 Å². The van der Waals surface area contributed by atoms with Gasteiger partial charge in [0.05, 0.1) is 0 Å². The van der Waals surface area contributed by atoms with Crippen molar-refractivity contribution in [2.45, 2.75) is 38.6 Å². The summed E-state index contributed by atoms with van der Waals surface area (Å²) >= 11 is 0. The molecule has 1 atom stereocenters. The number of rotatable bonds is 5. The Bertz CT molecular complexity index is 56.9. The highest BCUT2D eigenvalue weighted by molar-refractivity contribution is 4.57. The first kappa shape index (κ1) is 8.89. The van der Waals surface area contributed by atoms with Gasteiger partial charge in [0.25, 0.3) is 0 Å². The van der Waals surface area contributed by atoms with Gasteiger partial charge < -0.3 is 5.73 Å². The smallest absolute Gasteiger partial charge is 0.104 e. The average Bonchev–Trinajstić information content (AvgIpc) is 1.89. The first-order valence-electron chi connectivity index (χ1n) is 3.62. The predicted octanol–water partition coefficient (Wildman–Crippen LogP) is 1.86. The van der Waals surface area contributed by atoms with Crippen molar-refractivity contribution in [2.75, 3.05) is 6.67 Å². The van der Waals surface area contributed by atoms with E-state index < -0.39 is 0 Å². The van der Waals surface area contributed by atoms with E-state index in [-0.39, 0.29) is 12.7 Å². The molecule has 0 aliphatic rings. The van der Waals surface area contributed by atoms with Gasteiger partial charge in [0.2, 0.25) is 0 Å². The number of nitrogens with two attached hydrogens (primary N) is 1. The van der Waals surface area contributed by atoms with Gasteiger partial charge in [-0.25, -0.2) is 4.39 Å². The van der Waals surface area contributed by atoms with E-state index in [1.165, 1.54) is 12.8 Å². The highest BCUT2D eigenvalue weighted by Gasteiger charge is 1.98. The second kappa shape index (κ2) is 6.02. The highest BCUT2D eigenvalue weighted by atomic mass is 19.1. The maximum atomic E-state index is 11.7. The van der Waals surface area contributed by atoms with E-state index in [2.05, 4.69) is 6.92 Å². The zero-order valence-electron chi connectivity index (χ0n) is 6.07. The van der Waals surface area contributed by atoms with Gasteiger partial charge in [-0.15, -0.1) is 0 Å². The molecule has 0 unspecified atom stereocenters. The van der Waals surface area contributed by atoms with Gasteiger partial charge in [-0.2, -0.15) is 0 Å².